The molecule has 2 rings (SSSR count). The SMILES string of the molecule is NC(=O)CCC(N)C(=O)NC(CC(N)=O)C(=O)NC(Cc1c[nH]c2ccccc12)C(=O)NC(CC(=O)O)C(=O)O. The van der Waals surface area contributed by atoms with E-state index in [1.807, 2.05) is 0 Å². The fourth-order valence-corrected chi connectivity index (χ4v) is 3.77. The quantitative estimate of drug-likeness (QED) is 0.101. The van der Waals surface area contributed by atoms with Gasteiger partial charge in [-0.1, -0.05) is 18.2 Å². The van der Waals surface area contributed by atoms with E-state index in [1.165, 1.54) is 0 Å². The molecule has 5 amide bonds. The summed E-state index contributed by atoms with van der Waals surface area (Å²) in [7, 11) is 0. The molecule has 0 saturated heterocycles. The van der Waals surface area contributed by atoms with E-state index in [2.05, 4.69) is 20.9 Å². The zero-order valence-corrected chi connectivity index (χ0v) is 21.2. The van der Waals surface area contributed by atoms with Crippen molar-refractivity contribution >= 4 is 52.4 Å². The lowest BCUT2D eigenvalue weighted by Gasteiger charge is -2.24. The highest BCUT2D eigenvalue weighted by atomic mass is 16.4. The second-order valence-electron chi connectivity index (χ2n) is 8.97. The van der Waals surface area contributed by atoms with Crippen molar-refractivity contribution < 1.29 is 43.8 Å². The Hall–Kier alpha value is -4.99. The smallest absolute Gasteiger partial charge is 0.326 e. The fourth-order valence-electron chi connectivity index (χ4n) is 3.77. The van der Waals surface area contributed by atoms with Crippen molar-refractivity contribution in [2.75, 3.05) is 0 Å². The fraction of sp³-hybridized carbons (Fsp3) is 0.375. The highest BCUT2D eigenvalue weighted by Crippen LogP contribution is 2.19. The van der Waals surface area contributed by atoms with Crippen LogP contribution in [0.2, 0.25) is 0 Å². The first-order chi connectivity index (χ1) is 18.8. The van der Waals surface area contributed by atoms with Crippen LogP contribution in [0.1, 0.15) is 31.2 Å². The molecule has 40 heavy (non-hydrogen) atoms. The van der Waals surface area contributed by atoms with Gasteiger partial charge in [-0.25, -0.2) is 4.79 Å². The first-order valence-corrected chi connectivity index (χ1v) is 12.0. The number of aromatic nitrogens is 1. The van der Waals surface area contributed by atoms with Gasteiger partial charge >= 0.3 is 11.9 Å². The minimum Gasteiger partial charge on any atom is -0.481 e. The lowest BCUT2D eigenvalue weighted by molar-refractivity contribution is -0.147. The first kappa shape index (κ1) is 31.2. The van der Waals surface area contributed by atoms with Crippen LogP contribution in [-0.4, -0.2) is 80.8 Å². The van der Waals surface area contributed by atoms with Crippen molar-refractivity contribution in [2.24, 2.45) is 17.2 Å². The molecule has 0 fully saturated rings. The van der Waals surface area contributed by atoms with Gasteiger partial charge in [0.25, 0.3) is 0 Å². The molecule has 0 spiro atoms. The van der Waals surface area contributed by atoms with Gasteiger partial charge in [0.05, 0.1) is 18.9 Å². The number of hydrogen-bond acceptors (Lipinski definition) is 8. The van der Waals surface area contributed by atoms with Crippen LogP contribution in [0, 0.1) is 0 Å². The Morgan fingerprint density at radius 1 is 0.800 bits per heavy atom. The Balaban J connectivity index is 2.31. The van der Waals surface area contributed by atoms with Gasteiger partial charge < -0.3 is 48.3 Å². The third-order valence-electron chi connectivity index (χ3n) is 5.80. The van der Waals surface area contributed by atoms with Crippen molar-refractivity contribution in [3.05, 3.63) is 36.0 Å². The molecule has 0 aliphatic heterocycles. The van der Waals surface area contributed by atoms with Crippen LogP contribution in [0.5, 0.6) is 0 Å². The van der Waals surface area contributed by atoms with E-state index < -0.39 is 78.5 Å². The molecule has 16 heteroatoms. The van der Waals surface area contributed by atoms with Crippen molar-refractivity contribution in [1.29, 1.82) is 0 Å². The largest absolute Gasteiger partial charge is 0.481 e. The zero-order valence-electron chi connectivity index (χ0n) is 21.2. The minimum atomic E-state index is -1.81. The number of amides is 5. The molecule has 0 aliphatic carbocycles. The van der Waals surface area contributed by atoms with E-state index in [1.54, 1.807) is 30.5 Å². The van der Waals surface area contributed by atoms with Crippen molar-refractivity contribution in [3.63, 3.8) is 0 Å². The number of carboxylic acid groups (broad SMARTS) is 2. The monoisotopic (exact) mass is 561 g/mol. The van der Waals surface area contributed by atoms with Gasteiger partial charge in [-0.3, -0.25) is 28.8 Å². The number of benzene rings is 1. The van der Waals surface area contributed by atoms with Gasteiger partial charge in [0.15, 0.2) is 0 Å². The number of aliphatic carboxylic acids is 2. The maximum absolute atomic E-state index is 13.2. The number of nitrogens with one attached hydrogen (secondary N) is 4. The summed E-state index contributed by atoms with van der Waals surface area (Å²) < 4.78 is 0. The number of primary amides is 2. The van der Waals surface area contributed by atoms with Gasteiger partial charge in [0.2, 0.25) is 29.5 Å². The number of hydrogen-bond donors (Lipinski definition) is 9. The second-order valence-corrected chi connectivity index (χ2v) is 8.97. The molecule has 2 aromatic rings. The Morgan fingerprint density at radius 2 is 1.40 bits per heavy atom. The standard InChI is InChI=1S/C24H31N7O9/c25-13(5-6-18(26)32)21(36)29-16(8-19(27)33)23(38)30-15(22(37)31-17(24(39)40)9-20(34)35)7-11-10-28-14-4-2-1-3-12(11)14/h1-4,10,13,15-17,28H,5-9,25H2,(H2,26,32)(H2,27,33)(H,29,36)(H,30,38)(H,31,37)(H,34,35)(H,39,40). The number of carbonyl (C=O) groups is 7. The van der Waals surface area contributed by atoms with Crippen molar-refractivity contribution in [3.8, 4) is 0 Å². The number of fused-ring (bicyclic) bond motifs is 1. The molecule has 1 aromatic heterocycles. The third-order valence-corrected chi connectivity index (χ3v) is 5.80. The van der Waals surface area contributed by atoms with Crippen LogP contribution < -0.4 is 33.2 Å². The Labute approximate surface area is 227 Å². The molecule has 1 aromatic carbocycles. The van der Waals surface area contributed by atoms with Crippen LogP contribution in [0.3, 0.4) is 0 Å². The van der Waals surface area contributed by atoms with E-state index >= 15 is 0 Å². The number of rotatable bonds is 16. The summed E-state index contributed by atoms with van der Waals surface area (Å²) in [5, 5.41) is 25.8. The third kappa shape index (κ3) is 9.39. The highest BCUT2D eigenvalue weighted by Gasteiger charge is 2.32. The summed E-state index contributed by atoms with van der Waals surface area (Å²) in [6.07, 6.45) is -0.580. The van der Waals surface area contributed by atoms with Gasteiger partial charge in [-0.05, 0) is 18.1 Å². The predicted octanol–water partition coefficient (Wildman–Crippen LogP) is -2.81. The number of H-pyrrole nitrogens is 1. The van der Waals surface area contributed by atoms with Crippen LogP contribution in [0.15, 0.2) is 30.5 Å². The molecule has 0 radical (unpaired) electrons. The van der Waals surface area contributed by atoms with Crippen LogP contribution in [-0.2, 0) is 40.0 Å². The molecule has 0 aliphatic rings. The molecular formula is C24H31N7O9. The molecule has 4 unspecified atom stereocenters. The summed E-state index contributed by atoms with van der Waals surface area (Å²) in [6.45, 7) is 0. The molecular weight excluding hydrogens is 530 g/mol. The second kappa shape index (κ2) is 14.2. The first-order valence-electron chi connectivity index (χ1n) is 12.0. The Morgan fingerprint density at radius 3 is 2.00 bits per heavy atom. The summed E-state index contributed by atoms with van der Waals surface area (Å²) in [5.41, 5.74) is 17.2. The Kier molecular flexibility index (Phi) is 11.1. The van der Waals surface area contributed by atoms with Gasteiger partial charge in [0.1, 0.15) is 18.1 Å². The van der Waals surface area contributed by atoms with E-state index in [0.717, 1.165) is 0 Å². The number of carboxylic acids is 2. The average molecular weight is 562 g/mol. The predicted molar refractivity (Wildman–Crippen MR) is 138 cm³/mol. The summed E-state index contributed by atoms with van der Waals surface area (Å²) >= 11 is 0. The number of carbonyl (C=O) groups excluding carboxylic acids is 5. The zero-order chi connectivity index (χ0) is 30.0. The molecule has 216 valence electrons. The van der Waals surface area contributed by atoms with Crippen molar-refractivity contribution in [1.82, 2.24) is 20.9 Å². The average Bonchev–Trinajstić information content (AvgIpc) is 3.28. The normalized spacial score (nSPS) is 13.8. The van der Waals surface area contributed by atoms with E-state index in [4.69, 9.17) is 22.3 Å². The van der Waals surface area contributed by atoms with E-state index in [0.29, 0.717) is 16.5 Å². The van der Waals surface area contributed by atoms with Gasteiger partial charge in [-0.15, -0.1) is 0 Å². The molecule has 0 saturated carbocycles. The topological polar surface area (TPSA) is 290 Å². The highest BCUT2D eigenvalue weighted by molar-refractivity contribution is 5.97. The Bertz CT molecular complexity index is 1290. The van der Waals surface area contributed by atoms with E-state index in [9.17, 15) is 38.7 Å². The number of para-hydroxylation sites is 1. The van der Waals surface area contributed by atoms with E-state index in [-0.39, 0.29) is 19.3 Å². The molecule has 4 atom stereocenters. The van der Waals surface area contributed by atoms with Crippen LogP contribution >= 0.6 is 0 Å². The molecule has 16 nitrogen and oxygen atoms in total. The molecule has 12 N–H and O–H groups in total. The molecule has 1 heterocycles. The number of aromatic amines is 1. The summed E-state index contributed by atoms with van der Waals surface area (Å²) in [6, 6.07) is 0.885. The lowest BCUT2D eigenvalue weighted by atomic mass is 10.0. The minimum absolute atomic E-state index is 0.141. The molecule has 0 bridgehead atoms. The van der Waals surface area contributed by atoms with Gasteiger partial charge in [-0.2, -0.15) is 0 Å². The van der Waals surface area contributed by atoms with Gasteiger partial charge in [0, 0.05) is 29.9 Å². The summed E-state index contributed by atoms with van der Waals surface area (Å²) in [5.74, 6) is -7.74. The lowest BCUT2D eigenvalue weighted by Crippen LogP contribution is -2.58. The summed E-state index contributed by atoms with van der Waals surface area (Å²) in [4.78, 5) is 86.9. The van der Waals surface area contributed by atoms with Crippen LogP contribution in [0.4, 0.5) is 0 Å². The maximum Gasteiger partial charge on any atom is 0.326 e. The maximum atomic E-state index is 13.2. The van der Waals surface area contributed by atoms with Crippen LogP contribution in [0.25, 0.3) is 10.9 Å². The van der Waals surface area contributed by atoms with Crippen molar-refractivity contribution in [2.45, 2.75) is 56.3 Å². The number of nitrogens with two attached hydrogens (primary N) is 3.